The van der Waals surface area contributed by atoms with E-state index >= 15 is 0 Å². The Morgan fingerprint density at radius 3 is 2.91 bits per heavy atom. The average Bonchev–Trinajstić information content (AvgIpc) is 2.90. The van der Waals surface area contributed by atoms with Gasteiger partial charge in [0.25, 0.3) is 0 Å². The Balaban J connectivity index is 1.94. The fourth-order valence-corrected chi connectivity index (χ4v) is 4.81. The third kappa shape index (κ3) is 5.35. The molecule has 1 aliphatic heterocycles. The van der Waals surface area contributed by atoms with Crippen molar-refractivity contribution < 1.29 is 13.7 Å². The van der Waals surface area contributed by atoms with Crippen LogP contribution in [0.2, 0.25) is 0 Å². The summed E-state index contributed by atoms with van der Waals surface area (Å²) in [5.74, 6) is 1.03. The number of carbonyl (C=O) groups is 1. The zero-order valence-electron chi connectivity index (χ0n) is 13.4. The molecule has 5 nitrogen and oxygen atoms in total. The first-order chi connectivity index (χ1) is 10.3. The third-order valence-electron chi connectivity index (χ3n) is 3.42. The molecule has 124 valence electrons. The topological polar surface area (TPSA) is 59.5 Å². The van der Waals surface area contributed by atoms with Crippen molar-refractivity contribution in [2.24, 2.45) is 0 Å². The zero-order valence-corrected chi connectivity index (χ0v) is 15.0. The normalized spacial score (nSPS) is 20.7. The fraction of sp³-hybridized carbons (Fsp3) is 0.733. The highest BCUT2D eigenvalue weighted by atomic mass is 32.2. The van der Waals surface area contributed by atoms with E-state index in [-0.39, 0.29) is 12.1 Å². The van der Waals surface area contributed by atoms with Gasteiger partial charge in [-0.1, -0.05) is 0 Å². The van der Waals surface area contributed by atoms with Crippen molar-refractivity contribution in [3.05, 3.63) is 16.6 Å². The quantitative estimate of drug-likeness (QED) is 0.842. The number of likely N-dealkylation sites (tertiary alicyclic amines) is 1. The molecule has 0 saturated carbocycles. The van der Waals surface area contributed by atoms with Crippen LogP contribution in [0, 0.1) is 0 Å². The lowest BCUT2D eigenvalue weighted by atomic mass is 10.0. The number of carbonyl (C=O) groups excluding carboxylic acids is 1. The second kappa shape index (κ2) is 7.55. The van der Waals surface area contributed by atoms with Gasteiger partial charge in [-0.05, 0) is 40.0 Å². The highest BCUT2D eigenvalue weighted by Gasteiger charge is 2.31. The maximum atomic E-state index is 12.3. The predicted octanol–water partition coefficient (Wildman–Crippen LogP) is 3.18. The largest absolute Gasteiger partial charge is 0.444 e. The Labute approximate surface area is 138 Å². The van der Waals surface area contributed by atoms with Crippen molar-refractivity contribution in [1.29, 1.82) is 0 Å². The van der Waals surface area contributed by atoms with Crippen molar-refractivity contribution in [1.82, 2.24) is 9.88 Å². The summed E-state index contributed by atoms with van der Waals surface area (Å²) in [5, 5.41) is 0. The molecule has 0 spiro atoms. The first-order valence-electron chi connectivity index (χ1n) is 7.57. The molecule has 0 bridgehead atoms. The van der Waals surface area contributed by atoms with E-state index in [9.17, 15) is 9.00 Å². The van der Waals surface area contributed by atoms with E-state index in [4.69, 9.17) is 4.74 Å². The molecule has 2 rings (SSSR count). The first kappa shape index (κ1) is 17.4. The molecule has 7 heteroatoms. The van der Waals surface area contributed by atoms with Gasteiger partial charge in [0.15, 0.2) is 0 Å². The molecule has 1 amide bonds. The minimum absolute atomic E-state index is 0.0114. The highest BCUT2D eigenvalue weighted by molar-refractivity contribution is 7.84. The lowest BCUT2D eigenvalue weighted by molar-refractivity contribution is 0.0125. The minimum Gasteiger partial charge on any atom is -0.444 e. The minimum atomic E-state index is -0.986. The lowest BCUT2D eigenvalue weighted by Gasteiger charge is -2.36. The third-order valence-corrected chi connectivity index (χ3v) is 5.77. The van der Waals surface area contributed by atoms with E-state index in [1.807, 2.05) is 20.8 Å². The number of piperidine rings is 1. The van der Waals surface area contributed by atoms with Gasteiger partial charge in [-0.2, -0.15) is 0 Å². The molecule has 1 aromatic rings. The fourth-order valence-electron chi connectivity index (χ4n) is 2.48. The van der Waals surface area contributed by atoms with E-state index in [0.717, 1.165) is 24.1 Å². The molecule has 1 fully saturated rings. The molecule has 1 aromatic heterocycles. The summed E-state index contributed by atoms with van der Waals surface area (Å²) in [6.45, 7) is 6.29. The maximum Gasteiger partial charge on any atom is 0.410 e. The average molecular weight is 345 g/mol. The highest BCUT2D eigenvalue weighted by Crippen LogP contribution is 2.22. The van der Waals surface area contributed by atoms with Gasteiger partial charge in [-0.15, -0.1) is 11.3 Å². The van der Waals surface area contributed by atoms with E-state index < -0.39 is 16.4 Å². The molecule has 22 heavy (non-hydrogen) atoms. The molecular weight excluding hydrogens is 320 g/mol. The molecule has 2 heterocycles. The Hall–Kier alpha value is -0.950. The van der Waals surface area contributed by atoms with E-state index in [2.05, 4.69) is 4.98 Å². The molecule has 0 radical (unpaired) electrons. The van der Waals surface area contributed by atoms with Gasteiger partial charge in [0, 0.05) is 40.2 Å². The summed E-state index contributed by atoms with van der Waals surface area (Å²) >= 11 is 1.52. The Kier molecular flexibility index (Phi) is 5.97. The number of rotatable bonds is 4. The number of ether oxygens (including phenoxy) is 1. The first-order valence-corrected chi connectivity index (χ1v) is 9.94. The molecule has 0 aromatic carbocycles. The second-order valence-electron chi connectivity index (χ2n) is 6.54. The van der Waals surface area contributed by atoms with Crippen LogP contribution in [-0.2, 0) is 21.3 Å². The van der Waals surface area contributed by atoms with Crippen LogP contribution in [0.25, 0.3) is 0 Å². The number of nitrogens with zero attached hydrogens (tertiary/aromatic N) is 2. The summed E-state index contributed by atoms with van der Waals surface area (Å²) in [5.41, 5.74) is 1.25. The van der Waals surface area contributed by atoms with Gasteiger partial charge in [0.2, 0.25) is 0 Å². The smallest absolute Gasteiger partial charge is 0.410 e. The molecule has 0 unspecified atom stereocenters. The maximum absolute atomic E-state index is 12.3. The summed E-state index contributed by atoms with van der Waals surface area (Å²) in [6, 6.07) is 0.0114. The van der Waals surface area contributed by atoms with Crippen molar-refractivity contribution in [2.45, 2.75) is 57.4 Å². The number of hydrogen-bond acceptors (Lipinski definition) is 5. The van der Waals surface area contributed by atoms with Crippen LogP contribution >= 0.6 is 11.3 Å². The molecule has 1 aliphatic rings. The van der Waals surface area contributed by atoms with Crippen LogP contribution in [0.1, 0.15) is 44.9 Å². The van der Waals surface area contributed by atoms with Gasteiger partial charge in [-0.3, -0.25) is 9.19 Å². The zero-order chi connectivity index (χ0) is 16.2. The Bertz CT molecular complexity index is 511. The van der Waals surface area contributed by atoms with E-state index in [1.165, 1.54) is 11.3 Å². The summed E-state index contributed by atoms with van der Waals surface area (Å²) in [7, 11) is -0.986. The van der Waals surface area contributed by atoms with E-state index in [0.29, 0.717) is 18.1 Å². The number of amides is 1. The van der Waals surface area contributed by atoms with Crippen LogP contribution in [0.3, 0.4) is 0 Å². The standard InChI is InChI=1S/C15H24N2O3S2/c1-15(2,3)20-14(18)17-7-5-4-6-12(17)9-22(19)10-13-8-16-11-21-13/h8,11-12H,4-7,9-10H2,1-3H3/t12-,22-/m0/s1. The summed E-state index contributed by atoms with van der Waals surface area (Å²) in [4.78, 5) is 19.1. The number of hydrogen-bond donors (Lipinski definition) is 0. The van der Waals surface area contributed by atoms with Crippen LogP contribution in [0.15, 0.2) is 11.7 Å². The second-order valence-corrected chi connectivity index (χ2v) is 9.01. The van der Waals surface area contributed by atoms with Crippen molar-refractivity contribution in [3.8, 4) is 0 Å². The summed E-state index contributed by atoms with van der Waals surface area (Å²) in [6.07, 6.45) is 4.42. The van der Waals surface area contributed by atoms with Crippen molar-refractivity contribution >= 4 is 28.2 Å². The van der Waals surface area contributed by atoms with Crippen molar-refractivity contribution in [3.63, 3.8) is 0 Å². The molecule has 2 atom stereocenters. The molecular formula is C15H24N2O3S2. The van der Waals surface area contributed by atoms with Gasteiger partial charge in [0.1, 0.15) is 5.60 Å². The van der Waals surface area contributed by atoms with Gasteiger partial charge in [0.05, 0.1) is 11.3 Å². The van der Waals surface area contributed by atoms with Gasteiger partial charge in [-0.25, -0.2) is 4.79 Å². The number of thiazole rings is 1. The Morgan fingerprint density at radius 1 is 1.50 bits per heavy atom. The van der Waals surface area contributed by atoms with E-state index in [1.54, 1.807) is 16.6 Å². The van der Waals surface area contributed by atoms with Gasteiger partial charge < -0.3 is 9.64 Å². The van der Waals surface area contributed by atoms with Crippen LogP contribution in [0.5, 0.6) is 0 Å². The summed E-state index contributed by atoms with van der Waals surface area (Å²) < 4.78 is 17.8. The van der Waals surface area contributed by atoms with Crippen LogP contribution in [0.4, 0.5) is 4.79 Å². The SMILES string of the molecule is CC(C)(C)OC(=O)N1CCCC[C@H]1C[S@](=O)Cc1cncs1. The number of aromatic nitrogens is 1. The lowest BCUT2D eigenvalue weighted by Crippen LogP contribution is -2.48. The van der Waals surface area contributed by atoms with Crippen molar-refractivity contribution in [2.75, 3.05) is 12.3 Å². The molecule has 1 saturated heterocycles. The molecule has 0 N–H and O–H groups in total. The predicted molar refractivity (Wildman–Crippen MR) is 89.4 cm³/mol. The van der Waals surface area contributed by atoms with Gasteiger partial charge >= 0.3 is 6.09 Å². The molecule has 0 aliphatic carbocycles. The monoisotopic (exact) mass is 344 g/mol. The van der Waals surface area contributed by atoms with Crippen LogP contribution in [-0.4, -0.2) is 44.1 Å². The Morgan fingerprint density at radius 2 is 2.27 bits per heavy atom. The van der Waals surface area contributed by atoms with Crippen LogP contribution < -0.4 is 0 Å².